The van der Waals surface area contributed by atoms with Gasteiger partial charge in [0.2, 0.25) is 0 Å². The quantitative estimate of drug-likeness (QED) is 0.848. The molecule has 6 nitrogen and oxygen atoms in total. The molecule has 1 aromatic rings. The predicted molar refractivity (Wildman–Crippen MR) is 67.9 cm³/mol. The fourth-order valence-electron chi connectivity index (χ4n) is 3.21. The van der Waals surface area contributed by atoms with E-state index in [1.807, 2.05) is 0 Å². The van der Waals surface area contributed by atoms with Crippen molar-refractivity contribution < 1.29 is 14.4 Å². The van der Waals surface area contributed by atoms with Crippen LogP contribution < -0.4 is 5.32 Å². The monoisotopic (exact) mass is 265 g/mol. The van der Waals surface area contributed by atoms with E-state index in [0.717, 1.165) is 6.42 Å². The highest BCUT2D eigenvalue weighted by Gasteiger charge is 2.35. The van der Waals surface area contributed by atoms with Gasteiger partial charge in [0.25, 0.3) is 0 Å². The Kier molecular flexibility index (Phi) is 3.52. The van der Waals surface area contributed by atoms with Crippen LogP contribution >= 0.6 is 0 Å². The van der Waals surface area contributed by atoms with E-state index >= 15 is 0 Å². The van der Waals surface area contributed by atoms with E-state index in [4.69, 9.17) is 9.63 Å². The smallest absolute Gasteiger partial charge is 0.358 e. The molecule has 0 amide bonds. The number of hydrogen-bond donors (Lipinski definition) is 2. The number of nitrogens with one attached hydrogen (secondary N) is 1. The molecule has 0 saturated carbocycles. The summed E-state index contributed by atoms with van der Waals surface area (Å²) in [5.74, 6) is -0.457. The molecule has 6 heteroatoms. The van der Waals surface area contributed by atoms with Crippen LogP contribution in [0.15, 0.2) is 10.6 Å². The van der Waals surface area contributed by atoms with E-state index in [1.54, 1.807) is 0 Å². The van der Waals surface area contributed by atoms with Crippen LogP contribution in [-0.2, 0) is 6.54 Å². The molecule has 2 fully saturated rings. The van der Waals surface area contributed by atoms with Gasteiger partial charge in [-0.15, -0.1) is 0 Å². The number of rotatable bonds is 4. The van der Waals surface area contributed by atoms with Crippen LogP contribution in [-0.4, -0.2) is 46.3 Å². The Bertz CT molecular complexity index is 460. The summed E-state index contributed by atoms with van der Waals surface area (Å²) in [4.78, 5) is 13.3. The van der Waals surface area contributed by atoms with Crippen molar-refractivity contribution in [1.82, 2.24) is 15.4 Å². The highest BCUT2D eigenvalue weighted by Crippen LogP contribution is 2.27. The first-order valence-corrected chi connectivity index (χ1v) is 6.90. The minimum absolute atomic E-state index is 0.0254. The second-order valence-corrected chi connectivity index (χ2v) is 5.36. The molecule has 104 valence electrons. The van der Waals surface area contributed by atoms with Gasteiger partial charge in [0.1, 0.15) is 0 Å². The van der Waals surface area contributed by atoms with Crippen LogP contribution in [0.2, 0.25) is 0 Å². The summed E-state index contributed by atoms with van der Waals surface area (Å²) >= 11 is 0. The number of carboxylic acids is 1. The van der Waals surface area contributed by atoms with Crippen molar-refractivity contribution in [1.29, 1.82) is 0 Å². The number of carbonyl (C=O) groups is 1. The lowest BCUT2D eigenvalue weighted by Gasteiger charge is -2.32. The van der Waals surface area contributed by atoms with E-state index in [0.29, 0.717) is 24.4 Å². The van der Waals surface area contributed by atoms with Crippen LogP contribution in [0.4, 0.5) is 0 Å². The first-order valence-electron chi connectivity index (χ1n) is 6.90. The van der Waals surface area contributed by atoms with Crippen molar-refractivity contribution in [2.75, 3.05) is 13.1 Å². The molecule has 0 radical (unpaired) electrons. The van der Waals surface area contributed by atoms with Gasteiger partial charge in [0.05, 0.1) is 6.54 Å². The second-order valence-electron chi connectivity index (χ2n) is 5.36. The van der Waals surface area contributed by atoms with E-state index in [1.165, 1.54) is 38.4 Å². The van der Waals surface area contributed by atoms with Gasteiger partial charge in [-0.1, -0.05) is 11.6 Å². The normalized spacial score (nSPS) is 27.4. The maximum Gasteiger partial charge on any atom is 0.358 e. The third-order valence-electron chi connectivity index (χ3n) is 4.17. The minimum Gasteiger partial charge on any atom is -0.476 e. The molecule has 0 bridgehead atoms. The van der Waals surface area contributed by atoms with Gasteiger partial charge in [0.15, 0.2) is 11.5 Å². The number of fused-ring (bicyclic) bond motifs is 1. The number of aromatic carboxylic acids is 1. The van der Waals surface area contributed by atoms with Crippen molar-refractivity contribution in [3.05, 3.63) is 17.5 Å². The van der Waals surface area contributed by atoms with Gasteiger partial charge >= 0.3 is 5.97 Å². The van der Waals surface area contributed by atoms with Crippen LogP contribution in [0.5, 0.6) is 0 Å². The Balaban J connectivity index is 1.55. The highest BCUT2D eigenvalue weighted by molar-refractivity contribution is 5.85. The van der Waals surface area contributed by atoms with Crippen LogP contribution in [0.25, 0.3) is 0 Å². The maximum atomic E-state index is 10.7. The Morgan fingerprint density at radius 1 is 1.47 bits per heavy atom. The van der Waals surface area contributed by atoms with Gasteiger partial charge < -0.3 is 14.9 Å². The minimum atomic E-state index is -1.05. The molecule has 0 aliphatic carbocycles. The van der Waals surface area contributed by atoms with Crippen molar-refractivity contribution in [2.24, 2.45) is 0 Å². The van der Waals surface area contributed by atoms with E-state index < -0.39 is 5.97 Å². The molecular formula is C13H19N3O3. The van der Waals surface area contributed by atoms with E-state index in [-0.39, 0.29) is 5.69 Å². The highest BCUT2D eigenvalue weighted by atomic mass is 16.5. The molecular weight excluding hydrogens is 246 g/mol. The molecule has 2 aliphatic heterocycles. The molecule has 0 aromatic carbocycles. The van der Waals surface area contributed by atoms with Crippen LogP contribution in [0.1, 0.15) is 41.9 Å². The number of carboxylic acid groups (broad SMARTS) is 1. The zero-order chi connectivity index (χ0) is 13.2. The Hall–Kier alpha value is -1.40. The summed E-state index contributed by atoms with van der Waals surface area (Å²) in [7, 11) is 0. The number of aromatic nitrogens is 1. The molecule has 2 N–H and O–H groups in total. The first-order chi connectivity index (χ1) is 9.24. The molecule has 19 heavy (non-hydrogen) atoms. The summed E-state index contributed by atoms with van der Waals surface area (Å²) in [6.07, 6.45) is 5.04. The molecule has 2 aliphatic rings. The molecule has 0 spiro atoms. The van der Waals surface area contributed by atoms with E-state index in [9.17, 15) is 4.79 Å². The lowest BCUT2D eigenvalue weighted by atomic mass is 9.99. The van der Waals surface area contributed by atoms with Crippen LogP contribution in [0, 0.1) is 0 Å². The van der Waals surface area contributed by atoms with Gasteiger partial charge in [-0.05, 0) is 25.8 Å². The SMILES string of the molecule is O=C(O)c1cc(CNC2CCN3CCCCC23)on1. The third kappa shape index (κ3) is 2.64. The van der Waals surface area contributed by atoms with Crippen molar-refractivity contribution >= 4 is 5.97 Å². The Morgan fingerprint density at radius 2 is 2.37 bits per heavy atom. The van der Waals surface area contributed by atoms with E-state index in [2.05, 4.69) is 15.4 Å². The number of hydrogen-bond acceptors (Lipinski definition) is 5. The molecule has 3 rings (SSSR count). The molecule has 2 atom stereocenters. The number of nitrogens with zero attached hydrogens (tertiary/aromatic N) is 2. The lowest BCUT2D eigenvalue weighted by molar-refractivity contribution is 0.0685. The Morgan fingerprint density at radius 3 is 3.16 bits per heavy atom. The lowest BCUT2D eigenvalue weighted by Crippen LogP contribution is -2.44. The fraction of sp³-hybridized carbons (Fsp3) is 0.692. The van der Waals surface area contributed by atoms with Crippen molar-refractivity contribution in [2.45, 2.75) is 44.3 Å². The summed E-state index contributed by atoms with van der Waals surface area (Å²) < 4.78 is 5.01. The van der Waals surface area contributed by atoms with Crippen molar-refractivity contribution in [3.63, 3.8) is 0 Å². The number of piperidine rings is 1. The van der Waals surface area contributed by atoms with Crippen LogP contribution in [0.3, 0.4) is 0 Å². The molecule has 2 unspecified atom stereocenters. The Labute approximate surface area is 111 Å². The van der Waals surface area contributed by atoms with Crippen molar-refractivity contribution in [3.8, 4) is 0 Å². The summed E-state index contributed by atoms with van der Waals surface area (Å²) in [5, 5.41) is 15.8. The molecule has 2 saturated heterocycles. The standard InChI is InChI=1S/C13H19N3O3/c17-13(18)11-7-9(19-15-11)8-14-10-4-6-16-5-2-1-3-12(10)16/h7,10,12,14H,1-6,8H2,(H,17,18). The second kappa shape index (κ2) is 5.30. The molecule has 3 heterocycles. The predicted octanol–water partition coefficient (Wildman–Crippen LogP) is 1.09. The summed E-state index contributed by atoms with van der Waals surface area (Å²) in [6.45, 7) is 2.93. The van der Waals surface area contributed by atoms with Gasteiger partial charge in [-0.25, -0.2) is 4.79 Å². The van der Waals surface area contributed by atoms with Gasteiger partial charge in [-0.3, -0.25) is 4.90 Å². The average Bonchev–Trinajstić information content (AvgIpc) is 3.03. The largest absolute Gasteiger partial charge is 0.476 e. The molecule has 1 aromatic heterocycles. The zero-order valence-electron chi connectivity index (χ0n) is 10.8. The topological polar surface area (TPSA) is 78.6 Å². The zero-order valence-corrected chi connectivity index (χ0v) is 10.8. The third-order valence-corrected chi connectivity index (χ3v) is 4.17. The van der Waals surface area contributed by atoms with Gasteiger partial charge in [0, 0.05) is 24.7 Å². The average molecular weight is 265 g/mol. The summed E-state index contributed by atoms with van der Waals surface area (Å²) in [5.41, 5.74) is -0.0254. The van der Waals surface area contributed by atoms with Gasteiger partial charge in [-0.2, -0.15) is 0 Å². The maximum absolute atomic E-state index is 10.7. The summed E-state index contributed by atoms with van der Waals surface area (Å²) in [6, 6.07) is 2.61. The first kappa shape index (κ1) is 12.6. The fourth-order valence-corrected chi connectivity index (χ4v) is 3.21.